The first-order valence-electron chi connectivity index (χ1n) is 6.57. The molecule has 0 fully saturated rings. The Kier molecular flexibility index (Phi) is 3.73. The summed E-state index contributed by atoms with van der Waals surface area (Å²) in [6.07, 6.45) is 1.96. The number of halogens is 1. The number of aromatic nitrogens is 2. The Labute approximate surface area is 126 Å². The lowest BCUT2D eigenvalue weighted by molar-refractivity contribution is 0.299. The monoisotopic (exact) mass is 300 g/mol. The number of aliphatic hydroxyl groups excluding tert-OH is 1. The topological polar surface area (TPSA) is 55.1 Å². The van der Waals surface area contributed by atoms with E-state index in [0.29, 0.717) is 28.3 Å². The van der Waals surface area contributed by atoms with Gasteiger partial charge in [0.15, 0.2) is 0 Å². The van der Waals surface area contributed by atoms with Crippen LogP contribution in [0.3, 0.4) is 0 Å². The maximum Gasteiger partial charge on any atom is 0.260 e. The van der Waals surface area contributed by atoms with Crippen molar-refractivity contribution in [1.82, 2.24) is 9.55 Å². The summed E-state index contributed by atoms with van der Waals surface area (Å²) < 4.78 is 1.53. The van der Waals surface area contributed by atoms with Crippen LogP contribution < -0.4 is 5.56 Å². The highest BCUT2D eigenvalue weighted by atomic mass is 35.5. The highest BCUT2D eigenvalue weighted by Crippen LogP contribution is 2.18. The van der Waals surface area contributed by atoms with Crippen molar-refractivity contribution in [1.29, 1.82) is 0 Å². The molecular formula is C16H13ClN2O2. The van der Waals surface area contributed by atoms with E-state index in [9.17, 15) is 4.79 Å². The van der Waals surface area contributed by atoms with E-state index in [4.69, 9.17) is 16.7 Å². The predicted octanol–water partition coefficient (Wildman–Crippen LogP) is 2.57. The third-order valence-corrected chi connectivity index (χ3v) is 3.52. The Morgan fingerprint density at radius 2 is 2.05 bits per heavy atom. The van der Waals surface area contributed by atoms with Gasteiger partial charge in [-0.1, -0.05) is 17.7 Å². The van der Waals surface area contributed by atoms with Crippen LogP contribution in [0, 0.1) is 0 Å². The standard InChI is InChI=1S/C16H13ClN2O2/c17-13-4-1-5-14(10-13)19-15-11(3-2-7-18-15)9-12(6-8-20)16(19)21/h1-5,7,9-10,20H,6,8H2. The Morgan fingerprint density at radius 1 is 1.19 bits per heavy atom. The number of hydrogen-bond donors (Lipinski definition) is 1. The average molecular weight is 301 g/mol. The average Bonchev–Trinajstić information content (AvgIpc) is 2.48. The molecule has 3 aromatic rings. The van der Waals surface area contributed by atoms with E-state index in [-0.39, 0.29) is 12.2 Å². The number of nitrogens with zero attached hydrogens (tertiary/aromatic N) is 2. The van der Waals surface area contributed by atoms with E-state index < -0.39 is 0 Å². The molecule has 0 amide bonds. The van der Waals surface area contributed by atoms with Crippen LogP contribution in [0.2, 0.25) is 5.02 Å². The van der Waals surface area contributed by atoms with Crippen LogP contribution in [0.1, 0.15) is 5.56 Å². The van der Waals surface area contributed by atoms with Crippen molar-refractivity contribution < 1.29 is 5.11 Å². The molecule has 0 saturated heterocycles. The number of aliphatic hydroxyl groups is 1. The number of hydrogen-bond acceptors (Lipinski definition) is 3. The van der Waals surface area contributed by atoms with Gasteiger partial charge in [0, 0.05) is 35.2 Å². The van der Waals surface area contributed by atoms with Gasteiger partial charge in [-0.05, 0) is 36.4 Å². The minimum Gasteiger partial charge on any atom is -0.396 e. The normalized spacial score (nSPS) is 11.0. The van der Waals surface area contributed by atoms with Crippen molar-refractivity contribution in [2.24, 2.45) is 0 Å². The van der Waals surface area contributed by atoms with Crippen LogP contribution in [0.15, 0.2) is 53.5 Å². The van der Waals surface area contributed by atoms with Gasteiger partial charge in [0.05, 0.1) is 5.69 Å². The second-order valence-corrected chi connectivity index (χ2v) is 5.12. The molecule has 0 atom stereocenters. The molecule has 21 heavy (non-hydrogen) atoms. The van der Waals surface area contributed by atoms with Gasteiger partial charge < -0.3 is 5.11 Å². The van der Waals surface area contributed by atoms with Gasteiger partial charge >= 0.3 is 0 Å². The Hall–Kier alpha value is -2.17. The Bertz CT molecular complexity index is 858. The first-order chi connectivity index (χ1) is 10.2. The molecular weight excluding hydrogens is 288 g/mol. The van der Waals surface area contributed by atoms with Gasteiger partial charge in [-0.25, -0.2) is 4.98 Å². The highest BCUT2D eigenvalue weighted by Gasteiger charge is 2.11. The summed E-state index contributed by atoms with van der Waals surface area (Å²) in [4.78, 5) is 17.0. The fraction of sp³-hybridized carbons (Fsp3) is 0.125. The van der Waals surface area contributed by atoms with E-state index in [1.807, 2.05) is 18.2 Å². The fourth-order valence-corrected chi connectivity index (χ4v) is 2.54. The Morgan fingerprint density at radius 3 is 2.81 bits per heavy atom. The van der Waals surface area contributed by atoms with Crippen molar-refractivity contribution in [2.75, 3.05) is 6.61 Å². The summed E-state index contributed by atoms with van der Waals surface area (Å²) in [6.45, 7) is -0.0729. The molecule has 0 radical (unpaired) electrons. The van der Waals surface area contributed by atoms with Crippen LogP contribution in [0.4, 0.5) is 0 Å². The first kappa shape index (κ1) is 13.8. The molecule has 0 aliphatic rings. The smallest absolute Gasteiger partial charge is 0.260 e. The lowest BCUT2D eigenvalue weighted by Crippen LogP contribution is -2.24. The third-order valence-electron chi connectivity index (χ3n) is 3.28. The van der Waals surface area contributed by atoms with E-state index >= 15 is 0 Å². The van der Waals surface area contributed by atoms with Crippen molar-refractivity contribution >= 4 is 22.6 Å². The lowest BCUT2D eigenvalue weighted by atomic mass is 10.1. The maximum absolute atomic E-state index is 12.7. The van der Waals surface area contributed by atoms with E-state index in [1.54, 1.807) is 30.5 Å². The third kappa shape index (κ3) is 2.55. The summed E-state index contributed by atoms with van der Waals surface area (Å²) in [5, 5.41) is 10.5. The number of pyridine rings is 2. The molecule has 0 saturated carbocycles. The molecule has 1 N–H and O–H groups in total. The van der Waals surface area contributed by atoms with Crippen molar-refractivity contribution in [3.63, 3.8) is 0 Å². The second-order valence-electron chi connectivity index (χ2n) is 4.68. The van der Waals surface area contributed by atoms with Crippen LogP contribution in [-0.2, 0) is 6.42 Å². The van der Waals surface area contributed by atoms with Crippen molar-refractivity contribution in [3.8, 4) is 5.69 Å². The molecule has 1 aromatic carbocycles. The van der Waals surface area contributed by atoms with E-state index in [2.05, 4.69) is 4.98 Å². The van der Waals surface area contributed by atoms with Crippen molar-refractivity contribution in [3.05, 3.63) is 69.6 Å². The zero-order chi connectivity index (χ0) is 14.8. The SMILES string of the molecule is O=c1c(CCO)cc2cccnc2n1-c1cccc(Cl)c1. The molecule has 2 heterocycles. The molecule has 3 rings (SSSR count). The fourth-order valence-electron chi connectivity index (χ4n) is 2.35. The van der Waals surface area contributed by atoms with Crippen LogP contribution in [0.5, 0.6) is 0 Å². The second kappa shape index (κ2) is 5.68. The minimum absolute atomic E-state index is 0.0729. The Balaban J connectivity index is 2.38. The summed E-state index contributed by atoms with van der Waals surface area (Å²) in [5.74, 6) is 0. The van der Waals surface area contributed by atoms with Gasteiger partial charge in [-0.3, -0.25) is 9.36 Å². The van der Waals surface area contributed by atoms with Gasteiger partial charge in [-0.15, -0.1) is 0 Å². The molecule has 0 aliphatic heterocycles. The van der Waals surface area contributed by atoms with Crippen LogP contribution in [-0.4, -0.2) is 21.3 Å². The maximum atomic E-state index is 12.7. The predicted molar refractivity (Wildman–Crippen MR) is 83.1 cm³/mol. The molecule has 0 spiro atoms. The molecule has 2 aromatic heterocycles. The quantitative estimate of drug-likeness (QED) is 0.809. The lowest BCUT2D eigenvalue weighted by Gasteiger charge is -2.12. The summed E-state index contributed by atoms with van der Waals surface area (Å²) in [7, 11) is 0. The van der Waals surface area contributed by atoms with Gasteiger partial charge in [0.1, 0.15) is 5.65 Å². The molecule has 4 nitrogen and oxygen atoms in total. The van der Waals surface area contributed by atoms with Crippen LogP contribution >= 0.6 is 11.6 Å². The van der Waals surface area contributed by atoms with Crippen LogP contribution in [0.25, 0.3) is 16.7 Å². The summed E-state index contributed by atoms with van der Waals surface area (Å²) >= 11 is 6.02. The number of rotatable bonds is 3. The number of fused-ring (bicyclic) bond motifs is 1. The summed E-state index contributed by atoms with van der Waals surface area (Å²) in [6, 6.07) is 12.6. The van der Waals surface area contributed by atoms with Gasteiger partial charge in [-0.2, -0.15) is 0 Å². The molecule has 0 aliphatic carbocycles. The molecule has 106 valence electrons. The minimum atomic E-state index is -0.183. The molecule has 0 unspecified atom stereocenters. The first-order valence-corrected chi connectivity index (χ1v) is 6.95. The van der Waals surface area contributed by atoms with Gasteiger partial charge in [0.25, 0.3) is 5.56 Å². The van der Waals surface area contributed by atoms with Gasteiger partial charge in [0.2, 0.25) is 0 Å². The van der Waals surface area contributed by atoms with Crippen molar-refractivity contribution in [2.45, 2.75) is 6.42 Å². The molecule has 5 heteroatoms. The molecule has 0 bridgehead atoms. The largest absolute Gasteiger partial charge is 0.396 e. The zero-order valence-corrected chi connectivity index (χ0v) is 11.9. The highest BCUT2D eigenvalue weighted by molar-refractivity contribution is 6.30. The summed E-state index contributed by atoms with van der Waals surface area (Å²) in [5.41, 5.74) is 1.61. The number of benzene rings is 1. The zero-order valence-electron chi connectivity index (χ0n) is 11.2. The van der Waals surface area contributed by atoms with E-state index in [1.165, 1.54) is 4.57 Å². The van der Waals surface area contributed by atoms with E-state index in [0.717, 1.165) is 5.39 Å².